The zero-order valence-electron chi connectivity index (χ0n) is 13.4. The van der Waals surface area contributed by atoms with Crippen molar-refractivity contribution in [3.8, 4) is 0 Å². The summed E-state index contributed by atoms with van der Waals surface area (Å²) < 4.78 is 25.6. The highest BCUT2D eigenvalue weighted by molar-refractivity contribution is 7.89. The highest BCUT2D eigenvalue weighted by Gasteiger charge is 2.22. The van der Waals surface area contributed by atoms with Crippen LogP contribution in [0, 0.1) is 0 Å². The van der Waals surface area contributed by atoms with Crippen molar-refractivity contribution in [2.45, 2.75) is 24.3 Å². The van der Waals surface area contributed by atoms with Crippen LogP contribution in [-0.4, -0.2) is 58.4 Å². The zero-order chi connectivity index (χ0) is 16.2. The number of rotatable bonds is 7. The number of sulfonamides is 1. The molecular weight excluding hydrogens is 288 g/mol. The Morgan fingerprint density at radius 3 is 2.38 bits per heavy atom. The van der Waals surface area contributed by atoms with Gasteiger partial charge in [0.1, 0.15) is 4.90 Å². The van der Waals surface area contributed by atoms with Crippen LogP contribution in [-0.2, 0) is 10.0 Å². The molecule has 0 amide bonds. The van der Waals surface area contributed by atoms with E-state index in [1.807, 2.05) is 14.1 Å². The number of anilines is 2. The first-order valence-corrected chi connectivity index (χ1v) is 8.32. The van der Waals surface area contributed by atoms with Crippen LogP contribution in [0.5, 0.6) is 0 Å². The van der Waals surface area contributed by atoms with Gasteiger partial charge >= 0.3 is 0 Å². The maximum Gasteiger partial charge on any atom is 0.244 e. The molecule has 0 aromatic heterocycles. The third kappa shape index (κ3) is 4.59. The minimum absolute atomic E-state index is 0.136. The van der Waals surface area contributed by atoms with Crippen LogP contribution in [0.25, 0.3) is 0 Å². The molecule has 0 heterocycles. The summed E-state index contributed by atoms with van der Waals surface area (Å²) in [6.45, 7) is 3.00. The van der Waals surface area contributed by atoms with Gasteiger partial charge in [0, 0.05) is 20.1 Å². The van der Waals surface area contributed by atoms with Gasteiger partial charge in [-0.3, -0.25) is 0 Å². The van der Waals surface area contributed by atoms with E-state index in [2.05, 4.69) is 17.1 Å². The number of nitrogens with one attached hydrogen (secondary N) is 1. The van der Waals surface area contributed by atoms with Gasteiger partial charge in [0.25, 0.3) is 0 Å². The zero-order valence-corrected chi connectivity index (χ0v) is 14.2. The summed E-state index contributed by atoms with van der Waals surface area (Å²) in [7, 11) is 3.50. The van der Waals surface area contributed by atoms with Crippen LogP contribution in [0.1, 0.15) is 13.3 Å². The predicted octanol–water partition coefficient (Wildman–Crippen LogP) is 1.27. The van der Waals surface area contributed by atoms with Crippen LogP contribution in [0.2, 0.25) is 0 Å². The molecule has 1 rings (SSSR count). The van der Waals surface area contributed by atoms with Crippen LogP contribution in [0.4, 0.5) is 11.4 Å². The number of nitrogen functional groups attached to an aromatic ring is 1. The monoisotopic (exact) mass is 314 g/mol. The van der Waals surface area contributed by atoms with Crippen LogP contribution in [0.15, 0.2) is 23.1 Å². The summed E-state index contributed by atoms with van der Waals surface area (Å²) in [6.07, 6.45) is 0.942. The molecule has 3 N–H and O–H groups in total. The number of nitrogens with two attached hydrogens (primary N) is 1. The molecule has 0 saturated carbocycles. The lowest BCUT2D eigenvalue weighted by molar-refractivity contribution is 0.390. The Bertz CT molecular complexity index is 570. The molecule has 7 heteroatoms. The van der Waals surface area contributed by atoms with E-state index in [0.717, 1.165) is 17.3 Å². The molecule has 0 radical (unpaired) electrons. The molecule has 0 saturated heterocycles. The predicted molar refractivity (Wildman–Crippen MR) is 88.0 cm³/mol. The lowest BCUT2D eigenvalue weighted by Gasteiger charge is -2.21. The Kier molecular flexibility index (Phi) is 6.00. The molecule has 6 nitrogen and oxygen atoms in total. The molecule has 1 aromatic rings. The van der Waals surface area contributed by atoms with Gasteiger partial charge in [-0.25, -0.2) is 12.7 Å². The Balaban J connectivity index is 2.97. The van der Waals surface area contributed by atoms with E-state index < -0.39 is 10.0 Å². The SMILES string of the molecule is CC(CCN(C)C)Nc1cccc(S(=O)(=O)N(C)C)c1N. The molecule has 0 aliphatic heterocycles. The average molecular weight is 314 g/mol. The van der Waals surface area contributed by atoms with Gasteiger partial charge in [0.15, 0.2) is 0 Å². The molecule has 0 bridgehead atoms. The first kappa shape index (κ1) is 17.7. The molecule has 1 atom stereocenters. The van der Waals surface area contributed by atoms with Crippen molar-refractivity contribution in [3.63, 3.8) is 0 Å². The van der Waals surface area contributed by atoms with Gasteiger partial charge in [-0.15, -0.1) is 0 Å². The molecule has 0 aliphatic carbocycles. The van der Waals surface area contributed by atoms with Crippen molar-refractivity contribution in [1.82, 2.24) is 9.21 Å². The van der Waals surface area contributed by atoms with E-state index >= 15 is 0 Å². The van der Waals surface area contributed by atoms with Gasteiger partial charge in [-0.1, -0.05) is 6.07 Å². The molecule has 1 unspecified atom stereocenters. The van der Waals surface area contributed by atoms with Crippen molar-refractivity contribution < 1.29 is 8.42 Å². The van der Waals surface area contributed by atoms with Crippen molar-refractivity contribution in [2.75, 3.05) is 45.8 Å². The van der Waals surface area contributed by atoms with Gasteiger partial charge < -0.3 is 16.0 Å². The number of benzene rings is 1. The van der Waals surface area contributed by atoms with Crippen molar-refractivity contribution in [1.29, 1.82) is 0 Å². The first-order valence-electron chi connectivity index (χ1n) is 6.88. The van der Waals surface area contributed by atoms with Crippen LogP contribution < -0.4 is 11.1 Å². The second-order valence-electron chi connectivity index (χ2n) is 5.64. The maximum atomic E-state index is 12.2. The smallest absolute Gasteiger partial charge is 0.244 e. The third-order valence-corrected chi connectivity index (χ3v) is 5.11. The fraction of sp³-hybridized carbons (Fsp3) is 0.571. The van der Waals surface area contributed by atoms with E-state index in [-0.39, 0.29) is 16.6 Å². The van der Waals surface area contributed by atoms with E-state index in [1.54, 1.807) is 12.1 Å². The minimum Gasteiger partial charge on any atom is -0.396 e. The van der Waals surface area contributed by atoms with E-state index in [4.69, 9.17) is 5.73 Å². The Morgan fingerprint density at radius 2 is 1.86 bits per heavy atom. The molecule has 0 spiro atoms. The van der Waals surface area contributed by atoms with E-state index in [9.17, 15) is 8.42 Å². The van der Waals surface area contributed by atoms with Gasteiger partial charge in [0.05, 0.1) is 11.4 Å². The quantitative estimate of drug-likeness (QED) is 0.741. The summed E-state index contributed by atoms with van der Waals surface area (Å²) in [4.78, 5) is 2.24. The second-order valence-corrected chi connectivity index (χ2v) is 7.76. The lowest BCUT2D eigenvalue weighted by atomic mass is 10.2. The molecule has 1 aromatic carbocycles. The number of hydrogen-bond donors (Lipinski definition) is 2. The summed E-state index contributed by atoms with van der Waals surface area (Å²) in [5.41, 5.74) is 6.96. The fourth-order valence-corrected chi connectivity index (χ4v) is 2.91. The standard InChI is InChI=1S/C14H26N4O2S/c1-11(9-10-17(2)3)16-12-7-6-8-13(14(12)15)21(19,20)18(4)5/h6-8,11,16H,9-10,15H2,1-5H3. The van der Waals surface area contributed by atoms with Gasteiger partial charge in [-0.2, -0.15) is 0 Å². The van der Waals surface area contributed by atoms with Crippen molar-refractivity contribution in [3.05, 3.63) is 18.2 Å². The summed E-state index contributed by atoms with van der Waals surface area (Å²) in [6, 6.07) is 5.23. The molecule has 0 aliphatic rings. The van der Waals surface area contributed by atoms with Crippen molar-refractivity contribution in [2.24, 2.45) is 0 Å². The van der Waals surface area contributed by atoms with E-state index in [1.165, 1.54) is 20.2 Å². The Hall–Kier alpha value is -1.31. The third-order valence-electron chi connectivity index (χ3n) is 3.24. The van der Waals surface area contributed by atoms with Crippen LogP contribution >= 0.6 is 0 Å². The van der Waals surface area contributed by atoms with Gasteiger partial charge in [-0.05, 0) is 46.1 Å². The Labute approximate surface area is 128 Å². The largest absolute Gasteiger partial charge is 0.396 e. The number of hydrogen-bond acceptors (Lipinski definition) is 5. The highest BCUT2D eigenvalue weighted by atomic mass is 32.2. The molecule has 21 heavy (non-hydrogen) atoms. The maximum absolute atomic E-state index is 12.2. The summed E-state index contributed by atoms with van der Waals surface area (Å²) >= 11 is 0. The average Bonchev–Trinajstić information content (AvgIpc) is 2.38. The molecular formula is C14H26N4O2S. The fourth-order valence-electron chi connectivity index (χ4n) is 1.88. The summed E-state index contributed by atoms with van der Waals surface area (Å²) in [5, 5.41) is 3.28. The highest BCUT2D eigenvalue weighted by Crippen LogP contribution is 2.28. The normalized spacial score (nSPS) is 13.7. The minimum atomic E-state index is -3.53. The summed E-state index contributed by atoms with van der Waals surface area (Å²) in [5.74, 6) is 0. The number of nitrogens with zero attached hydrogens (tertiary/aromatic N) is 2. The van der Waals surface area contributed by atoms with Crippen molar-refractivity contribution >= 4 is 21.4 Å². The lowest BCUT2D eigenvalue weighted by Crippen LogP contribution is -2.25. The van der Waals surface area contributed by atoms with E-state index in [0.29, 0.717) is 5.69 Å². The molecule has 120 valence electrons. The molecule has 0 fully saturated rings. The van der Waals surface area contributed by atoms with Gasteiger partial charge in [0.2, 0.25) is 10.0 Å². The first-order chi connectivity index (χ1) is 9.66. The second kappa shape index (κ2) is 7.11. The topological polar surface area (TPSA) is 78.7 Å². The Morgan fingerprint density at radius 1 is 1.24 bits per heavy atom. The van der Waals surface area contributed by atoms with Crippen LogP contribution in [0.3, 0.4) is 0 Å². The number of para-hydroxylation sites is 1.